The largest absolute Gasteiger partial charge is 0.461 e. The highest BCUT2D eigenvalue weighted by molar-refractivity contribution is 5.88. The Morgan fingerprint density at radius 1 is 1.35 bits per heavy atom. The summed E-state index contributed by atoms with van der Waals surface area (Å²) in [5.41, 5.74) is 1.81. The molecule has 0 bridgehead atoms. The Labute approximate surface area is 150 Å². The average Bonchev–Trinajstić information content (AvgIpc) is 3.28. The highest BCUT2D eigenvalue weighted by atomic mass is 19.1. The molecule has 7 heteroatoms. The van der Waals surface area contributed by atoms with E-state index in [9.17, 15) is 9.18 Å². The molecule has 2 aromatic heterocycles. The normalized spacial score (nSPS) is 17.0. The summed E-state index contributed by atoms with van der Waals surface area (Å²) in [5.74, 6) is 0.0394. The Hall–Kier alpha value is -2.96. The molecule has 1 aliphatic heterocycles. The van der Waals surface area contributed by atoms with Gasteiger partial charge in [-0.25, -0.2) is 18.7 Å². The summed E-state index contributed by atoms with van der Waals surface area (Å²) in [6.45, 7) is 2.87. The van der Waals surface area contributed by atoms with Crippen molar-refractivity contribution in [3.63, 3.8) is 0 Å². The van der Waals surface area contributed by atoms with Gasteiger partial charge in [-0.15, -0.1) is 5.10 Å². The van der Waals surface area contributed by atoms with Gasteiger partial charge in [0.05, 0.1) is 18.8 Å². The second-order valence-electron chi connectivity index (χ2n) is 6.23. The average molecular weight is 354 g/mol. The van der Waals surface area contributed by atoms with E-state index in [1.54, 1.807) is 19.1 Å². The van der Waals surface area contributed by atoms with Gasteiger partial charge in [-0.1, -0.05) is 12.1 Å². The number of hydrogen-bond acceptors (Lipinski definition) is 5. The van der Waals surface area contributed by atoms with Crippen molar-refractivity contribution in [1.82, 2.24) is 14.6 Å². The number of nitrogens with zero attached hydrogens (tertiary/aromatic N) is 4. The topological polar surface area (TPSA) is 59.7 Å². The van der Waals surface area contributed by atoms with Gasteiger partial charge in [-0.2, -0.15) is 0 Å². The van der Waals surface area contributed by atoms with E-state index in [0.29, 0.717) is 17.9 Å². The molecular weight excluding hydrogens is 335 g/mol. The van der Waals surface area contributed by atoms with Crippen LogP contribution in [0.4, 0.5) is 10.2 Å². The monoisotopic (exact) mass is 354 g/mol. The highest BCUT2D eigenvalue weighted by Crippen LogP contribution is 2.35. The minimum Gasteiger partial charge on any atom is -0.461 e. The summed E-state index contributed by atoms with van der Waals surface area (Å²) in [7, 11) is 0. The first-order valence-electron chi connectivity index (χ1n) is 8.71. The number of carbonyl (C=O) groups is 1. The van der Waals surface area contributed by atoms with Gasteiger partial charge in [-0.3, -0.25) is 0 Å². The zero-order valence-electron chi connectivity index (χ0n) is 14.4. The zero-order valence-corrected chi connectivity index (χ0v) is 14.4. The van der Waals surface area contributed by atoms with E-state index in [-0.39, 0.29) is 11.9 Å². The van der Waals surface area contributed by atoms with Crippen molar-refractivity contribution in [3.05, 3.63) is 59.7 Å². The van der Waals surface area contributed by atoms with Crippen LogP contribution in [0.15, 0.2) is 42.6 Å². The minimum atomic E-state index is -0.451. The summed E-state index contributed by atoms with van der Waals surface area (Å²) < 4.78 is 20.2. The van der Waals surface area contributed by atoms with Crippen LogP contribution in [0.1, 0.15) is 41.9 Å². The van der Waals surface area contributed by atoms with E-state index >= 15 is 0 Å². The molecule has 1 atom stereocenters. The van der Waals surface area contributed by atoms with Gasteiger partial charge >= 0.3 is 5.97 Å². The molecule has 1 saturated heterocycles. The first-order valence-corrected chi connectivity index (χ1v) is 8.71. The van der Waals surface area contributed by atoms with Gasteiger partial charge < -0.3 is 9.64 Å². The second kappa shape index (κ2) is 6.74. The SMILES string of the molecule is CCOC(=O)c1cnc2ccc(N3CCC[C@@H]3c3cccc(F)c3)nn12. The third-order valence-electron chi connectivity index (χ3n) is 4.61. The number of aromatic nitrogens is 3. The van der Waals surface area contributed by atoms with E-state index < -0.39 is 5.97 Å². The maximum atomic E-state index is 13.6. The maximum absolute atomic E-state index is 13.6. The summed E-state index contributed by atoms with van der Waals surface area (Å²) in [4.78, 5) is 18.4. The van der Waals surface area contributed by atoms with Crippen molar-refractivity contribution < 1.29 is 13.9 Å². The molecule has 0 aliphatic carbocycles. The molecule has 3 aromatic rings. The molecular formula is C19H19FN4O2. The molecule has 0 saturated carbocycles. The Morgan fingerprint density at radius 2 is 2.23 bits per heavy atom. The molecule has 6 nitrogen and oxygen atoms in total. The van der Waals surface area contributed by atoms with Gasteiger partial charge in [0.2, 0.25) is 0 Å². The van der Waals surface area contributed by atoms with E-state index in [4.69, 9.17) is 4.74 Å². The van der Waals surface area contributed by atoms with E-state index in [0.717, 1.165) is 30.8 Å². The van der Waals surface area contributed by atoms with Crippen LogP contribution >= 0.6 is 0 Å². The van der Waals surface area contributed by atoms with Crippen molar-refractivity contribution in [2.75, 3.05) is 18.1 Å². The van der Waals surface area contributed by atoms with Crippen LogP contribution in [0.3, 0.4) is 0 Å². The number of fused-ring (bicyclic) bond motifs is 1. The van der Waals surface area contributed by atoms with Gasteiger partial charge in [-0.05, 0) is 49.6 Å². The second-order valence-corrected chi connectivity index (χ2v) is 6.23. The molecule has 1 aromatic carbocycles. The number of esters is 1. The van der Waals surface area contributed by atoms with Crippen LogP contribution in [-0.2, 0) is 4.74 Å². The summed E-state index contributed by atoms with van der Waals surface area (Å²) in [6, 6.07) is 10.5. The molecule has 0 radical (unpaired) electrons. The Morgan fingerprint density at radius 3 is 3.04 bits per heavy atom. The number of benzene rings is 1. The van der Waals surface area contributed by atoms with Crippen molar-refractivity contribution in [2.45, 2.75) is 25.8 Å². The lowest BCUT2D eigenvalue weighted by atomic mass is 10.0. The predicted molar refractivity (Wildman–Crippen MR) is 94.7 cm³/mol. The summed E-state index contributed by atoms with van der Waals surface area (Å²) >= 11 is 0. The van der Waals surface area contributed by atoms with Gasteiger partial charge in [0.15, 0.2) is 11.3 Å². The maximum Gasteiger partial charge on any atom is 0.358 e. The molecule has 0 unspecified atom stereocenters. The first kappa shape index (κ1) is 16.5. The molecule has 0 N–H and O–H groups in total. The number of ether oxygens (including phenoxy) is 1. The minimum absolute atomic E-state index is 0.0604. The molecule has 1 fully saturated rings. The zero-order chi connectivity index (χ0) is 18.1. The third-order valence-corrected chi connectivity index (χ3v) is 4.61. The molecule has 0 spiro atoms. The molecule has 0 amide bonds. The van der Waals surface area contributed by atoms with Gasteiger partial charge in [0.1, 0.15) is 11.6 Å². The lowest BCUT2D eigenvalue weighted by Crippen LogP contribution is -2.24. The number of anilines is 1. The number of hydrogen-bond donors (Lipinski definition) is 0. The van der Waals surface area contributed by atoms with E-state index in [2.05, 4.69) is 15.0 Å². The molecule has 134 valence electrons. The van der Waals surface area contributed by atoms with Crippen molar-refractivity contribution in [1.29, 1.82) is 0 Å². The van der Waals surface area contributed by atoms with Crippen LogP contribution in [0.5, 0.6) is 0 Å². The lowest BCUT2D eigenvalue weighted by Gasteiger charge is -2.26. The van der Waals surface area contributed by atoms with Crippen molar-refractivity contribution >= 4 is 17.4 Å². The molecule has 1 aliphatic rings. The quantitative estimate of drug-likeness (QED) is 0.672. The van der Waals surface area contributed by atoms with E-state index in [1.165, 1.54) is 16.8 Å². The van der Waals surface area contributed by atoms with Crippen LogP contribution in [0, 0.1) is 5.82 Å². The van der Waals surface area contributed by atoms with E-state index in [1.807, 2.05) is 18.2 Å². The predicted octanol–water partition coefficient (Wildman–Crippen LogP) is 3.39. The van der Waals surface area contributed by atoms with Crippen LogP contribution in [0.2, 0.25) is 0 Å². The van der Waals surface area contributed by atoms with Crippen LogP contribution in [-0.4, -0.2) is 33.7 Å². The fraction of sp³-hybridized carbons (Fsp3) is 0.316. The molecule has 4 rings (SSSR count). The standard InChI is InChI=1S/C19H19FN4O2/c1-2-26-19(25)16-12-21-17-8-9-18(22-24(16)17)23-10-4-7-15(23)13-5-3-6-14(20)11-13/h3,5-6,8-9,11-12,15H,2,4,7,10H2,1H3/t15-/m1/s1. The fourth-order valence-electron chi connectivity index (χ4n) is 3.46. The van der Waals surface area contributed by atoms with Crippen LogP contribution < -0.4 is 4.90 Å². The number of imidazole rings is 1. The van der Waals surface area contributed by atoms with Gasteiger partial charge in [0, 0.05) is 6.54 Å². The first-order chi connectivity index (χ1) is 12.7. The number of halogens is 1. The Bertz CT molecular complexity index is 956. The van der Waals surface area contributed by atoms with Gasteiger partial charge in [0.25, 0.3) is 0 Å². The van der Waals surface area contributed by atoms with Crippen molar-refractivity contribution in [2.24, 2.45) is 0 Å². The fourth-order valence-corrected chi connectivity index (χ4v) is 3.46. The number of rotatable bonds is 4. The summed E-state index contributed by atoms with van der Waals surface area (Å²) in [5, 5.41) is 4.60. The molecule has 3 heterocycles. The van der Waals surface area contributed by atoms with Crippen LogP contribution in [0.25, 0.3) is 5.65 Å². The molecule has 26 heavy (non-hydrogen) atoms. The third kappa shape index (κ3) is 2.89. The number of carbonyl (C=O) groups excluding carboxylic acids is 1. The Kier molecular flexibility index (Phi) is 4.28. The lowest BCUT2D eigenvalue weighted by molar-refractivity contribution is 0.0517. The summed E-state index contributed by atoms with van der Waals surface area (Å²) in [6.07, 6.45) is 3.39. The smallest absolute Gasteiger partial charge is 0.358 e. The van der Waals surface area contributed by atoms with Crippen molar-refractivity contribution in [3.8, 4) is 0 Å². The highest BCUT2D eigenvalue weighted by Gasteiger charge is 2.28. The Balaban J connectivity index is 1.71.